The Bertz CT molecular complexity index is 1310. The third-order valence-corrected chi connectivity index (χ3v) is 8.40. The number of sulfonamides is 1. The Balaban J connectivity index is 1.31. The van der Waals surface area contributed by atoms with Crippen LogP contribution in [0.25, 0.3) is 11.3 Å². The van der Waals surface area contributed by atoms with Crippen LogP contribution in [-0.2, 0) is 26.0 Å². The fourth-order valence-corrected chi connectivity index (χ4v) is 6.47. The number of aromatic nitrogens is 1. The smallest absolute Gasteiger partial charge is 0.261 e. The topological polar surface area (TPSA) is 91.8 Å². The molecule has 10 heteroatoms. The van der Waals surface area contributed by atoms with Crippen LogP contribution in [0.15, 0.2) is 52.7 Å². The van der Waals surface area contributed by atoms with E-state index in [1.807, 2.05) is 24.4 Å². The molecule has 178 valence electrons. The molecule has 8 nitrogen and oxygen atoms in total. The summed E-state index contributed by atoms with van der Waals surface area (Å²) in [7, 11) is -3.76. The molecular formula is C24H26N4O4S2. The monoisotopic (exact) mass is 498 g/mol. The van der Waals surface area contributed by atoms with Crippen LogP contribution < -0.4 is 14.5 Å². The van der Waals surface area contributed by atoms with Crippen LogP contribution in [-0.4, -0.2) is 51.7 Å². The van der Waals surface area contributed by atoms with E-state index in [0.29, 0.717) is 25.3 Å². The number of carbonyl (C=O) groups excluding carboxylic acids is 1. The first kappa shape index (κ1) is 22.8. The Kier molecular flexibility index (Phi) is 6.05. The largest absolute Gasteiger partial charge is 0.378 e. The van der Waals surface area contributed by atoms with E-state index >= 15 is 0 Å². The Morgan fingerprint density at radius 1 is 1.15 bits per heavy atom. The standard InChI is InChI=1S/C24H26N4O4S2/c1-16-13-19-14-21(7-8-23(19)28(16)17(2)29)34(30,31)26-20-5-3-18(4-6-20)22-15-33-24(25-22)27-9-11-32-12-10-27/h3-8,14-16,26H,9-13H2,1-2H3/t16-/m0/s1. The highest BCUT2D eigenvalue weighted by atomic mass is 32.2. The van der Waals surface area contributed by atoms with Crippen molar-refractivity contribution >= 4 is 43.8 Å². The quantitative estimate of drug-likeness (QED) is 0.576. The maximum atomic E-state index is 13.0. The average Bonchev–Trinajstić information content (AvgIpc) is 3.43. The van der Waals surface area contributed by atoms with Gasteiger partial charge in [-0.05, 0) is 49.2 Å². The SMILES string of the molecule is CC(=O)N1c2ccc(S(=O)(=O)Nc3ccc(-c4csc(N5CCOCC5)n4)cc3)cc2C[C@@H]1C. The number of nitrogens with one attached hydrogen (secondary N) is 1. The zero-order valence-corrected chi connectivity index (χ0v) is 20.7. The van der Waals surface area contributed by atoms with Crippen molar-refractivity contribution in [3.63, 3.8) is 0 Å². The molecular weight excluding hydrogens is 472 g/mol. The van der Waals surface area contributed by atoms with E-state index < -0.39 is 10.0 Å². The number of amides is 1. The Morgan fingerprint density at radius 2 is 1.88 bits per heavy atom. The van der Waals surface area contributed by atoms with Gasteiger partial charge in [0, 0.05) is 48.4 Å². The summed E-state index contributed by atoms with van der Waals surface area (Å²) in [5.74, 6) is -0.0442. The van der Waals surface area contributed by atoms with Gasteiger partial charge < -0.3 is 14.5 Å². The number of thiazole rings is 1. The van der Waals surface area contributed by atoms with Gasteiger partial charge in [0.15, 0.2) is 5.13 Å². The first-order valence-electron chi connectivity index (χ1n) is 11.2. The van der Waals surface area contributed by atoms with Gasteiger partial charge in [0.1, 0.15) is 0 Å². The lowest BCUT2D eigenvalue weighted by atomic mass is 10.1. The summed E-state index contributed by atoms with van der Waals surface area (Å²) in [6.45, 7) is 6.58. The second-order valence-electron chi connectivity index (χ2n) is 8.53. The van der Waals surface area contributed by atoms with Gasteiger partial charge in [0.2, 0.25) is 5.91 Å². The van der Waals surface area contributed by atoms with Gasteiger partial charge in [-0.3, -0.25) is 9.52 Å². The van der Waals surface area contributed by atoms with E-state index in [0.717, 1.165) is 40.7 Å². The summed E-state index contributed by atoms with van der Waals surface area (Å²) in [4.78, 5) is 20.8. The number of nitrogens with zero attached hydrogens (tertiary/aromatic N) is 3. The Morgan fingerprint density at radius 3 is 2.59 bits per heavy atom. The molecule has 0 aliphatic carbocycles. The molecule has 5 rings (SSSR count). The number of rotatable bonds is 5. The lowest BCUT2D eigenvalue weighted by Crippen LogP contribution is -2.36. The van der Waals surface area contributed by atoms with Crippen molar-refractivity contribution < 1.29 is 17.9 Å². The number of benzene rings is 2. The molecule has 2 aromatic carbocycles. The summed E-state index contributed by atoms with van der Waals surface area (Å²) in [6.07, 6.45) is 0.632. The van der Waals surface area contributed by atoms with Crippen LogP contribution in [0, 0.1) is 0 Å². The summed E-state index contributed by atoms with van der Waals surface area (Å²) in [6, 6.07) is 12.2. The third-order valence-electron chi connectivity index (χ3n) is 6.12. The van der Waals surface area contributed by atoms with Crippen molar-refractivity contribution in [2.24, 2.45) is 0 Å². The van der Waals surface area contributed by atoms with E-state index in [2.05, 4.69) is 9.62 Å². The first-order chi connectivity index (χ1) is 16.3. The fraction of sp³-hybridized carbons (Fsp3) is 0.333. The van der Waals surface area contributed by atoms with Gasteiger partial charge in [-0.2, -0.15) is 0 Å². The number of fused-ring (bicyclic) bond motifs is 1. The maximum absolute atomic E-state index is 13.0. The first-order valence-corrected chi connectivity index (χ1v) is 13.5. The highest BCUT2D eigenvalue weighted by Crippen LogP contribution is 2.34. The Labute approximate surface area is 203 Å². The van der Waals surface area contributed by atoms with E-state index in [9.17, 15) is 13.2 Å². The molecule has 3 heterocycles. The number of carbonyl (C=O) groups is 1. The minimum Gasteiger partial charge on any atom is -0.378 e. The molecule has 0 saturated carbocycles. The minimum absolute atomic E-state index is 0.0143. The fourth-order valence-electron chi connectivity index (χ4n) is 4.47. The van der Waals surface area contributed by atoms with Crippen molar-refractivity contribution in [1.82, 2.24) is 4.98 Å². The number of hydrogen-bond acceptors (Lipinski definition) is 7. The minimum atomic E-state index is -3.76. The van der Waals surface area contributed by atoms with Gasteiger partial charge in [-0.25, -0.2) is 13.4 Å². The maximum Gasteiger partial charge on any atom is 0.261 e. The van der Waals surface area contributed by atoms with E-state index in [1.54, 1.807) is 46.6 Å². The highest BCUT2D eigenvalue weighted by molar-refractivity contribution is 7.92. The second-order valence-corrected chi connectivity index (χ2v) is 11.0. The van der Waals surface area contributed by atoms with Crippen LogP contribution in [0.4, 0.5) is 16.5 Å². The van der Waals surface area contributed by atoms with Gasteiger partial charge in [0.05, 0.1) is 23.8 Å². The molecule has 1 atom stereocenters. The van der Waals surface area contributed by atoms with Crippen molar-refractivity contribution in [2.75, 3.05) is 40.8 Å². The van der Waals surface area contributed by atoms with Gasteiger partial charge in [-0.15, -0.1) is 11.3 Å². The van der Waals surface area contributed by atoms with Gasteiger partial charge >= 0.3 is 0 Å². The molecule has 1 amide bonds. The summed E-state index contributed by atoms with van der Waals surface area (Å²) >= 11 is 1.60. The predicted molar refractivity (Wildman–Crippen MR) is 134 cm³/mol. The predicted octanol–water partition coefficient (Wildman–Crippen LogP) is 3.75. The zero-order valence-electron chi connectivity index (χ0n) is 19.0. The molecule has 1 N–H and O–H groups in total. The lowest BCUT2D eigenvalue weighted by Gasteiger charge is -2.26. The molecule has 2 aliphatic rings. The summed E-state index contributed by atoms with van der Waals surface area (Å²) in [5.41, 5.74) is 3.91. The lowest BCUT2D eigenvalue weighted by molar-refractivity contribution is -0.116. The van der Waals surface area contributed by atoms with E-state index in [4.69, 9.17) is 9.72 Å². The number of hydrogen-bond donors (Lipinski definition) is 1. The van der Waals surface area contributed by atoms with Crippen LogP contribution in [0.2, 0.25) is 0 Å². The van der Waals surface area contributed by atoms with Crippen molar-refractivity contribution in [2.45, 2.75) is 31.2 Å². The second kappa shape index (κ2) is 9.01. The molecule has 0 radical (unpaired) electrons. The van der Waals surface area contributed by atoms with Crippen LogP contribution in [0.1, 0.15) is 19.4 Å². The molecule has 1 saturated heterocycles. The molecule has 0 spiro atoms. The molecule has 3 aromatic rings. The van der Waals surface area contributed by atoms with E-state index in [1.165, 1.54) is 6.92 Å². The normalized spacial score (nSPS) is 18.1. The highest BCUT2D eigenvalue weighted by Gasteiger charge is 2.30. The van der Waals surface area contributed by atoms with Crippen molar-refractivity contribution in [3.05, 3.63) is 53.4 Å². The molecule has 1 aromatic heterocycles. The zero-order chi connectivity index (χ0) is 23.9. The summed E-state index contributed by atoms with van der Waals surface area (Å²) < 4.78 is 34.1. The van der Waals surface area contributed by atoms with Gasteiger partial charge in [-0.1, -0.05) is 12.1 Å². The van der Waals surface area contributed by atoms with Gasteiger partial charge in [0.25, 0.3) is 10.0 Å². The van der Waals surface area contributed by atoms with Crippen LogP contribution in [0.3, 0.4) is 0 Å². The average molecular weight is 499 g/mol. The molecule has 2 aliphatic heterocycles. The number of ether oxygens (including phenoxy) is 1. The van der Waals surface area contributed by atoms with Crippen molar-refractivity contribution in [3.8, 4) is 11.3 Å². The van der Waals surface area contributed by atoms with E-state index in [-0.39, 0.29) is 16.8 Å². The molecule has 34 heavy (non-hydrogen) atoms. The summed E-state index contributed by atoms with van der Waals surface area (Å²) in [5, 5.41) is 2.98. The number of morpholine rings is 1. The third kappa shape index (κ3) is 4.40. The molecule has 0 bridgehead atoms. The molecule has 0 unspecified atom stereocenters. The van der Waals surface area contributed by atoms with Crippen molar-refractivity contribution in [1.29, 1.82) is 0 Å². The van der Waals surface area contributed by atoms with Crippen LogP contribution >= 0.6 is 11.3 Å². The Hall–Kier alpha value is -2.95. The molecule has 1 fully saturated rings. The number of anilines is 3. The van der Waals surface area contributed by atoms with Crippen LogP contribution in [0.5, 0.6) is 0 Å².